The number of anilines is 1. The molecule has 0 unspecified atom stereocenters. The fourth-order valence-corrected chi connectivity index (χ4v) is 4.07. The molecule has 30 heavy (non-hydrogen) atoms. The van der Waals surface area contributed by atoms with Crippen molar-refractivity contribution in [3.8, 4) is 11.6 Å². The summed E-state index contributed by atoms with van der Waals surface area (Å²) in [6.07, 6.45) is 1.97. The zero-order valence-corrected chi connectivity index (χ0v) is 17.9. The minimum absolute atomic E-state index is 0.0264. The number of nitrogens with zero attached hydrogens (tertiary/aromatic N) is 3. The van der Waals surface area contributed by atoms with Crippen molar-refractivity contribution in [2.45, 2.75) is 64.0 Å². The van der Waals surface area contributed by atoms with Gasteiger partial charge in [0.05, 0.1) is 30.9 Å². The maximum absolute atomic E-state index is 9.91. The Hall–Kier alpha value is -2.51. The molecular formula is C23H28N4O3. The van der Waals surface area contributed by atoms with Gasteiger partial charge in [-0.1, -0.05) is 31.9 Å². The Morgan fingerprint density at radius 2 is 1.90 bits per heavy atom. The number of rotatable bonds is 4. The first-order valence-corrected chi connectivity index (χ1v) is 10.6. The van der Waals surface area contributed by atoms with Crippen molar-refractivity contribution in [1.82, 2.24) is 15.2 Å². The Balaban J connectivity index is 1.55. The molecule has 3 aromatic rings. The van der Waals surface area contributed by atoms with Crippen LogP contribution in [0.3, 0.4) is 0 Å². The van der Waals surface area contributed by atoms with E-state index in [1.165, 1.54) is 29.4 Å². The summed E-state index contributed by atoms with van der Waals surface area (Å²) >= 11 is 0. The number of benzene rings is 1. The van der Waals surface area contributed by atoms with Crippen molar-refractivity contribution in [3.05, 3.63) is 34.9 Å². The molecule has 5 rings (SSSR count). The number of nitrogens with one attached hydrogen (secondary N) is 1. The topological polar surface area (TPSA) is 93.3 Å². The molecule has 7 heteroatoms. The van der Waals surface area contributed by atoms with E-state index in [9.17, 15) is 5.11 Å². The lowest BCUT2D eigenvalue weighted by atomic mass is 9.83. The SMILES string of the molecule is Cc1cc(-c2nnc(N[C@H]3COC[C@@H]3O)o2)nc2c(C(C)(C)C)cc(C3CC3)cc12. The number of aliphatic hydroxyl groups excluding tert-OH is 1. The van der Waals surface area contributed by atoms with Gasteiger partial charge in [0.15, 0.2) is 0 Å². The Bertz CT molecular complexity index is 1100. The van der Waals surface area contributed by atoms with Crippen LogP contribution in [0.5, 0.6) is 0 Å². The monoisotopic (exact) mass is 408 g/mol. The summed E-state index contributed by atoms with van der Waals surface area (Å²) in [5, 5.41) is 22.4. The molecule has 0 spiro atoms. The normalized spacial score (nSPS) is 22.0. The van der Waals surface area contributed by atoms with Crippen molar-refractivity contribution >= 4 is 16.9 Å². The summed E-state index contributed by atoms with van der Waals surface area (Å²) < 4.78 is 11.1. The predicted octanol–water partition coefficient (Wildman–Crippen LogP) is 3.94. The van der Waals surface area contributed by atoms with E-state index in [0.717, 1.165) is 11.1 Å². The number of ether oxygens (including phenoxy) is 1. The van der Waals surface area contributed by atoms with Crippen LogP contribution in [0.15, 0.2) is 22.6 Å². The van der Waals surface area contributed by atoms with Crippen molar-refractivity contribution in [2.75, 3.05) is 18.5 Å². The molecular weight excluding hydrogens is 380 g/mol. The first-order chi connectivity index (χ1) is 14.3. The highest BCUT2D eigenvalue weighted by molar-refractivity contribution is 5.88. The number of fused-ring (bicyclic) bond motifs is 1. The largest absolute Gasteiger partial charge is 0.402 e. The highest BCUT2D eigenvalue weighted by Crippen LogP contribution is 2.44. The predicted molar refractivity (Wildman–Crippen MR) is 115 cm³/mol. The minimum atomic E-state index is -0.587. The van der Waals surface area contributed by atoms with Crippen LogP contribution in [0.1, 0.15) is 56.2 Å². The minimum Gasteiger partial charge on any atom is -0.402 e. The highest BCUT2D eigenvalue weighted by atomic mass is 16.5. The second kappa shape index (κ2) is 7.03. The molecule has 7 nitrogen and oxygen atoms in total. The van der Waals surface area contributed by atoms with Crippen LogP contribution in [0.4, 0.5) is 6.01 Å². The third-order valence-electron chi connectivity index (χ3n) is 6.00. The standard InChI is InChI=1S/C23H28N4O3/c1-12-7-17(21-26-27-22(30-21)25-18-10-29-11-19(18)28)24-20-15(12)8-14(13-5-6-13)9-16(20)23(2,3)4/h7-9,13,18-19,28H,5-6,10-11H2,1-4H3,(H,25,27)/t18-,19-/m0/s1. The molecule has 1 aliphatic heterocycles. The summed E-state index contributed by atoms with van der Waals surface area (Å²) in [6.45, 7) is 9.51. The van der Waals surface area contributed by atoms with Gasteiger partial charge in [-0.15, -0.1) is 5.10 Å². The van der Waals surface area contributed by atoms with Gasteiger partial charge in [-0.3, -0.25) is 0 Å². The molecule has 158 valence electrons. The number of hydrogen-bond acceptors (Lipinski definition) is 7. The number of pyridine rings is 1. The lowest BCUT2D eigenvalue weighted by Gasteiger charge is -2.23. The van der Waals surface area contributed by atoms with Gasteiger partial charge in [0.25, 0.3) is 5.89 Å². The number of aliphatic hydroxyl groups is 1. The van der Waals surface area contributed by atoms with Gasteiger partial charge in [-0.25, -0.2) is 4.98 Å². The van der Waals surface area contributed by atoms with E-state index in [4.69, 9.17) is 14.1 Å². The molecule has 0 bridgehead atoms. The number of hydrogen-bond donors (Lipinski definition) is 2. The quantitative estimate of drug-likeness (QED) is 0.675. The van der Waals surface area contributed by atoms with Crippen LogP contribution in [0.2, 0.25) is 0 Å². The fraction of sp³-hybridized carbons (Fsp3) is 0.522. The van der Waals surface area contributed by atoms with E-state index >= 15 is 0 Å². The first kappa shape index (κ1) is 19.5. The number of aromatic nitrogens is 3. The summed E-state index contributed by atoms with van der Waals surface area (Å²) in [6, 6.07) is 6.66. The molecule has 2 aliphatic rings. The first-order valence-electron chi connectivity index (χ1n) is 10.6. The fourth-order valence-electron chi connectivity index (χ4n) is 4.07. The van der Waals surface area contributed by atoms with Crippen molar-refractivity contribution in [2.24, 2.45) is 0 Å². The Kier molecular flexibility index (Phi) is 4.56. The van der Waals surface area contributed by atoms with Gasteiger partial charge in [0.2, 0.25) is 0 Å². The van der Waals surface area contributed by atoms with Crippen molar-refractivity contribution in [3.63, 3.8) is 0 Å². The maximum Gasteiger partial charge on any atom is 0.316 e. The molecule has 3 heterocycles. The zero-order chi connectivity index (χ0) is 21.0. The third kappa shape index (κ3) is 3.56. The van der Waals surface area contributed by atoms with E-state index in [1.807, 2.05) is 6.07 Å². The third-order valence-corrected chi connectivity index (χ3v) is 6.00. The summed E-state index contributed by atoms with van der Waals surface area (Å²) in [5.74, 6) is 1.05. The average molecular weight is 409 g/mol. The second-order valence-corrected chi connectivity index (χ2v) is 9.58. The highest BCUT2D eigenvalue weighted by Gasteiger charge is 2.29. The molecule has 1 aromatic carbocycles. The molecule has 2 atom stereocenters. The van der Waals surface area contributed by atoms with E-state index in [0.29, 0.717) is 30.7 Å². The Morgan fingerprint density at radius 1 is 1.10 bits per heavy atom. The Labute approximate surface area is 175 Å². The molecule has 2 aromatic heterocycles. The maximum atomic E-state index is 9.91. The lowest BCUT2D eigenvalue weighted by Crippen LogP contribution is -2.31. The smallest absolute Gasteiger partial charge is 0.316 e. The summed E-state index contributed by atoms with van der Waals surface area (Å²) in [4.78, 5) is 4.96. The molecule has 1 saturated heterocycles. The molecule has 0 radical (unpaired) electrons. The van der Waals surface area contributed by atoms with Gasteiger partial charge in [0, 0.05) is 5.39 Å². The van der Waals surface area contributed by atoms with Gasteiger partial charge >= 0.3 is 6.01 Å². The van der Waals surface area contributed by atoms with E-state index < -0.39 is 6.10 Å². The Morgan fingerprint density at radius 3 is 2.57 bits per heavy atom. The van der Waals surface area contributed by atoms with Gasteiger partial charge in [-0.05, 0) is 59.9 Å². The lowest BCUT2D eigenvalue weighted by molar-refractivity contribution is 0.125. The van der Waals surface area contributed by atoms with Gasteiger partial charge < -0.3 is 19.6 Å². The van der Waals surface area contributed by atoms with Crippen LogP contribution in [-0.4, -0.2) is 45.6 Å². The summed E-state index contributed by atoms with van der Waals surface area (Å²) in [5.41, 5.74) is 5.45. The summed E-state index contributed by atoms with van der Waals surface area (Å²) in [7, 11) is 0. The van der Waals surface area contributed by atoms with E-state index in [2.05, 4.69) is 55.3 Å². The van der Waals surface area contributed by atoms with Crippen LogP contribution in [0.25, 0.3) is 22.5 Å². The van der Waals surface area contributed by atoms with Crippen molar-refractivity contribution < 1.29 is 14.3 Å². The molecule has 2 fully saturated rings. The molecule has 1 saturated carbocycles. The zero-order valence-electron chi connectivity index (χ0n) is 17.9. The van der Waals surface area contributed by atoms with E-state index in [1.54, 1.807) is 0 Å². The molecule has 2 N–H and O–H groups in total. The average Bonchev–Trinajstić information content (AvgIpc) is 3.31. The van der Waals surface area contributed by atoms with Gasteiger partial charge in [-0.2, -0.15) is 0 Å². The van der Waals surface area contributed by atoms with Crippen LogP contribution in [-0.2, 0) is 10.2 Å². The van der Waals surface area contributed by atoms with Crippen LogP contribution >= 0.6 is 0 Å². The second-order valence-electron chi connectivity index (χ2n) is 9.58. The van der Waals surface area contributed by atoms with Gasteiger partial charge in [0.1, 0.15) is 5.69 Å². The van der Waals surface area contributed by atoms with E-state index in [-0.39, 0.29) is 17.5 Å². The van der Waals surface area contributed by atoms with Crippen LogP contribution in [0, 0.1) is 6.92 Å². The molecule has 0 amide bonds. The number of aryl methyl sites for hydroxylation is 1. The van der Waals surface area contributed by atoms with Crippen LogP contribution < -0.4 is 5.32 Å². The molecule has 1 aliphatic carbocycles. The van der Waals surface area contributed by atoms with Crippen molar-refractivity contribution in [1.29, 1.82) is 0 Å².